The number of benzene rings is 2. The van der Waals surface area contributed by atoms with Crippen LogP contribution in [0.2, 0.25) is 0 Å². The van der Waals surface area contributed by atoms with Gasteiger partial charge in [0.2, 0.25) is 0 Å². The SMILES string of the molecule is C=CCc1cc(/C=c2\sc3nc4ccccc4n3c2=O)cc(OCC)c1OC. The zero-order chi connectivity index (χ0) is 19.7. The lowest BCUT2D eigenvalue weighted by Gasteiger charge is -2.14. The Balaban J connectivity index is 1.92. The molecule has 28 heavy (non-hydrogen) atoms. The highest BCUT2D eigenvalue weighted by Gasteiger charge is 2.13. The van der Waals surface area contributed by atoms with Crippen LogP contribution >= 0.6 is 11.3 Å². The molecule has 0 bridgehead atoms. The molecule has 6 heteroatoms. The number of nitrogens with zero attached hydrogens (tertiary/aromatic N) is 2. The van der Waals surface area contributed by atoms with Crippen molar-refractivity contribution in [3.63, 3.8) is 0 Å². The summed E-state index contributed by atoms with van der Waals surface area (Å²) in [7, 11) is 1.63. The number of para-hydroxylation sites is 2. The van der Waals surface area contributed by atoms with Gasteiger partial charge in [-0.25, -0.2) is 9.38 Å². The molecular weight excluding hydrogens is 372 g/mol. The van der Waals surface area contributed by atoms with E-state index in [9.17, 15) is 4.79 Å². The summed E-state index contributed by atoms with van der Waals surface area (Å²) in [6, 6.07) is 11.6. The molecule has 142 valence electrons. The van der Waals surface area contributed by atoms with E-state index in [1.807, 2.05) is 55.5 Å². The van der Waals surface area contributed by atoms with Crippen molar-refractivity contribution in [1.82, 2.24) is 9.38 Å². The maximum Gasteiger partial charge on any atom is 0.274 e. The van der Waals surface area contributed by atoms with Gasteiger partial charge in [0.1, 0.15) is 0 Å². The summed E-state index contributed by atoms with van der Waals surface area (Å²) in [5.41, 5.74) is 3.44. The molecule has 2 heterocycles. The molecule has 0 saturated heterocycles. The molecule has 0 aliphatic heterocycles. The van der Waals surface area contributed by atoms with E-state index in [0.717, 1.165) is 22.2 Å². The number of ether oxygens (including phenoxy) is 2. The Hall–Kier alpha value is -3.12. The lowest BCUT2D eigenvalue weighted by Crippen LogP contribution is -2.22. The van der Waals surface area contributed by atoms with Gasteiger partial charge in [-0.1, -0.05) is 29.5 Å². The highest BCUT2D eigenvalue weighted by Crippen LogP contribution is 2.33. The molecule has 0 spiro atoms. The number of hydrogen-bond donors (Lipinski definition) is 0. The monoisotopic (exact) mass is 392 g/mol. The minimum absolute atomic E-state index is 0.0623. The summed E-state index contributed by atoms with van der Waals surface area (Å²) in [6.45, 7) is 6.27. The molecule has 2 aromatic carbocycles. The second-order valence-corrected chi connectivity index (χ2v) is 7.28. The van der Waals surface area contributed by atoms with E-state index in [4.69, 9.17) is 9.47 Å². The third-order valence-corrected chi connectivity index (χ3v) is 5.43. The van der Waals surface area contributed by atoms with Crippen molar-refractivity contribution in [2.45, 2.75) is 13.3 Å². The fraction of sp³-hybridized carbons (Fsp3) is 0.182. The zero-order valence-electron chi connectivity index (χ0n) is 15.8. The lowest BCUT2D eigenvalue weighted by molar-refractivity contribution is 0.309. The second-order valence-electron chi connectivity index (χ2n) is 6.27. The Morgan fingerprint density at radius 2 is 2.11 bits per heavy atom. The Labute approximate surface area is 166 Å². The Morgan fingerprint density at radius 3 is 2.86 bits per heavy atom. The van der Waals surface area contributed by atoms with Crippen LogP contribution in [0.3, 0.4) is 0 Å². The van der Waals surface area contributed by atoms with Crippen LogP contribution in [0.15, 0.2) is 53.8 Å². The number of rotatable bonds is 6. The van der Waals surface area contributed by atoms with E-state index in [1.54, 1.807) is 11.5 Å². The third kappa shape index (κ3) is 3.05. The van der Waals surface area contributed by atoms with Crippen LogP contribution in [0.5, 0.6) is 11.5 Å². The van der Waals surface area contributed by atoms with Gasteiger partial charge in [0.05, 0.1) is 29.3 Å². The van der Waals surface area contributed by atoms with E-state index >= 15 is 0 Å². The van der Waals surface area contributed by atoms with Crippen molar-refractivity contribution >= 4 is 33.4 Å². The van der Waals surface area contributed by atoms with Crippen LogP contribution < -0.4 is 19.6 Å². The molecule has 0 unspecified atom stereocenters. The van der Waals surface area contributed by atoms with Gasteiger partial charge in [-0.2, -0.15) is 0 Å². The number of thiazole rings is 1. The first kappa shape index (κ1) is 18.3. The average molecular weight is 392 g/mol. The summed E-state index contributed by atoms with van der Waals surface area (Å²) < 4.78 is 13.6. The standard InChI is InChI=1S/C22H20N2O3S/c1-4-8-15-11-14(12-18(27-5-2)20(15)26-3)13-19-21(25)24-17-10-7-6-9-16(17)23-22(24)28-19/h4,6-7,9-13H,1,5,8H2,2-3H3/b19-13-. The van der Waals surface area contributed by atoms with Crippen LogP contribution in [0.1, 0.15) is 18.1 Å². The molecule has 0 aliphatic carbocycles. The molecule has 5 nitrogen and oxygen atoms in total. The number of fused-ring (bicyclic) bond motifs is 3. The normalized spacial score (nSPS) is 12.0. The average Bonchev–Trinajstić information content (AvgIpc) is 3.19. The topological polar surface area (TPSA) is 52.8 Å². The lowest BCUT2D eigenvalue weighted by atomic mass is 10.1. The van der Waals surface area contributed by atoms with Crippen molar-refractivity contribution in [3.05, 3.63) is 75.1 Å². The third-order valence-electron chi connectivity index (χ3n) is 4.47. The van der Waals surface area contributed by atoms with Crippen molar-refractivity contribution in [2.24, 2.45) is 0 Å². The first-order valence-electron chi connectivity index (χ1n) is 9.02. The minimum atomic E-state index is -0.0623. The molecule has 0 saturated carbocycles. The van der Waals surface area contributed by atoms with Crippen LogP contribution in [-0.4, -0.2) is 23.1 Å². The van der Waals surface area contributed by atoms with E-state index in [1.165, 1.54) is 11.3 Å². The van der Waals surface area contributed by atoms with Gasteiger partial charge >= 0.3 is 0 Å². The molecule has 0 radical (unpaired) electrons. The van der Waals surface area contributed by atoms with E-state index in [2.05, 4.69) is 11.6 Å². The van der Waals surface area contributed by atoms with Crippen molar-refractivity contribution < 1.29 is 9.47 Å². The molecule has 0 amide bonds. The van der Waals surface area contributed by atoms with Gasteiger partial charge in [-0.3, -0.25) is 4.79 Å². The van der Waals surface area contributed by atoms with Crippen LogP contribution in [-0.2, 0) is 6.42 Å². The van der Waals surface area contributed by atoms with Crippen molar-refractivity contribution in [1.29, 1.82) is 0 Å². The highest BCUT2D eigenvalue weighted by molar-refractivity contribution is 7.15. The molecule has 4 aromatic rings. The predicted molar refractivity (Wildman–Crippen MR) is 114 cm³/mol. The smallest absolute Gasteiger partial charge is 0.274 e. The van der Waals surface area contributed by atoms with E-state index in [-0.39, 0.29) is 5.56 Å². The van der Waals surface area contributed by atoms with E-state index in [0.29, 0.717) is 34.0 Å². The number of methoxy groups -OCH3 is 1. The van der Waals surface area contributed by atoms with Gasteiger partial charge in [-0.15, -0.1) is 6.58 Å². The van der Waals surface area contributed by atoms with Gasteiger partial charge in [0.25, 0.3) is 5.56 Å². The van der Waals surface area contributed by atoms with Crippen LogP contribution in [0, 0.1) is 0 Å². The maximum atomic E-state index is 13.0. The fourth-order valence-electron chi connectivity index (χ4n) is 3.33. The molecule has 4 rings (SSSR count). The largest absolute Gasteiger partial charge is 0.493 e. The second kappa shape index (κ2) is 7.48. The minimum Gasteiger partial charge on any atom is -0.493 e. The van der Waals surface area contributed by atoms with Crippen LogP contribution in [0.25, 0.3) is 22.1 Å². The number of imidazole rings is 1. The van der Waals surface area contributed by atoms with Gasteiger partial charge < -0.3 is 9.47 Å². The Morgan fingerprint density at radius 1 is 1.29 bits per heavy atom. The summed E-state index contributed by atoms with van der Waals surface area (Å²) >= 11 is 1.38. The predicted octanol–water partition coefficient (Wildman–Crippen LogP) is 3.59. The Kier molecular flexibility index (Phi) is 4.88. The van der Waals surface area contributed by atoms with Crippen molar-refractivity contribution in [3.8, 4) is 11.5 Å². The number of hydrogen-bond acceptors (Lipinski definition) is 5. The molecule has 0 atom stereocenters. The summed E-state index contributed by atoms with van der Waals surface area (Å²) in [6.07, 6.45) is 4.35. The fourth-order valence-corrected chi connectivity index (χ4v) is 4.32. The van der Waals surface area contributed by atoms with Gasteiger partial charge in [0, 0.05) is 5.56 Å². The molecular formula is C22H20N2O3S. The van der Waals surface area contributed by atoms with Crippen molar-refractivity contribution in [2.75, 3.05) is 13.7 Å². The quantitative estimate of drug-likeness (QED) is 0.471. The molecule has 0 aliphatic rings. The summed E-state index contributed by atoms with van der Waals surface area (Å²) in [5, 5.41) is 0. The van der Waals surface area contributed by atoms with Gasteiger partial charge in [-0.05, 0) is 49.2 Å². The number of allylic oxidation sites excluding steroid dienone is 1. The molecule has 0 fully saturated rings. The first-order valence-corrected chi connectivity index (χ1v) is 9.84. The maximum absolute atomic E-state index is 13.0. The van der Waals surface area contributed by atoms with E-state index < -0.39 is 0 Å². The zero-order valence-corrected chi connectivity index (χ0v) is 16.6. The highest BCUT2D eigenvalue weighted by atomic mass is 32.1. The molecule has 2 aromatic heterocycles. The van der Waals surface area contributed by atoms with Crippen LogP contribution in [0.4, 0.5) is 0 Å². The summed E-state index contributed by atoms with van der Waals surface area (Å²) in [4.78, 5) is 18.2. The Bertz CT molecular complexity index is 1290. The first-order chi connectivity index (χ1) is 13.7. The molecule has 0 N–H and O–H groups in total. The van der Waals surface area contributed by atoms with Gasteiger partial charge in [0.15, 0.2) is 16.5 Å². The number of aromatic nitrogens is 2. The summed E-state index contributed by atoms with van der Waals surface area (Å²) in [5.74, 6) is 1.36.